The Morgan fingerprint density at radius 3 is 2.25 bits per heavy atom. The van der Waals surface area contributed by atoms with E-state index in [-0.39, 0.29) is 0 Å². The predicted molar refractivity (Wildman–Crippen MR) is 73.7 cm³/mol. The molecule has 0 aliphatic carbocycles. The molecule has 1 rings (SSSR count). The van der Waals surface area contributed by atoms with Crippen molar-refractivity contribution in [2.24, 2.45) is 11.7 Å². The molecule has 0 atom stereocenters. The van der Waals surface area contributed by atoms with Gasteiger partial charge < -0.3 is 10.6 Å². The predicted octanol–water partition coefficient (Wildman–Crippen LogP) is 1.33. The highest BCUT2D eigenvalue weighted by atomic mass is 32.1. The molecule has 0 spiro atoms. The first-order chi connectivity index (χ1) is 7.58. The molecule has 1 aliphatic rings. The van der Waals surface area contributed by atoms with Crippen LogP contribution in [-0.2, 0) is 0 Å². The molecule has 0 bridgehead atoms. The van der Waals surface area contributed by atoms with E-state index < -0.39 is 0 Å². The van der Waals surface area contributed by atoms with Crippen LogP contribution in [0.15, 0.2) is 0 Å². The van der Waals surface area contributed by atoms with Crippen LogP contribution in [0.25, 0.3) is 0 Å². The summed E-state index contributed by atoms with van der Waals surface area (Å²) in [6.07, 6.45) is 2.67. The molecule has 0 amide bonds. The van der Waals surface area contributed by atoms with Gasteiger partial charge in [0.2, 0.25) is 0 Å². The molecule has 1 fully saturated rings. The number of hydrogen-bond acceptors (Lipinski definition) is 3. The van der Waals surface area contributed by atoms with Gasteiger partial charge >= 0.3 is 0 Å². The maximum absolute atomic E-state index is 5.55. The third-order valence-corrected chi connectivity index (χ3v) is 3.23. The molecule has 0 saturated carbocycles. The largest absolute Gasteiger partial charge is 0.392 e. The van der Waals surface area contributed by atoms with Gasteiger partial charge in [-0.15, -0.1) is 0 Å². The Morgan fingerprint density at radius 2 is 1.75 bits per heavy atom. The Hall–Kier alpha value is -0.190. The van der Waals surface area contributed by atoms with Crippen molar-refractivity contribution in [3.05, 3.63) is 0 Å². The minimum atomic E-state index is 0.619. The standard InChI is InChI=1S/C12H25N3S/c1-11(2)4-3-5-14-6-8-15(9-7-14)10-12(13)16/h11H,3-10H2,1-2H3,(H2,13,16). The molecular formula is C12H25N3S. The van der Waals surface area contributed by atoms with E-state index >= 15 is 0 Å². The molecule has 0 aromatic carbocycles. The summed E-state index contributed by atoms with van der Waals surface area (Å²) < 4.78 is 0. The summed E-state index contributed by atoms with van der Waals surface area (Å²) in [5.41, 5.74) is 5.55. The van der Waals surface area contributed by atoms with E-state index in [1.165, 1.54) is 32.5 Å². The topological polar surface area (TPSA) is 32.5 Å². The van der Waals surface area contributed by atoms with Crippen molar-refractivity contribution in [2.45, 2.75) is 26.7 Å². The molecule has 1 saturated heterocycles. The number of piperazine rings is 1. The van der Waals surface area contributed by atoms with Crippen LogP contribution in [-0.4, -0.2) is 54.1 Å². The number of hydrogen-bond donors (Lipinski definition) is 1. The zero-order chi connectivity index (χ0) is 12.0. The molecule has 2 N–H and O–H groups in total. The van der Waals surface area contributed by atoms with Gasteiger partial charge in [-0.25, -0.2) is 0 Å². The lowest BCUT2D eigenvalue weighted by Gasteiger charge is -2.34. The Balaban J connectivity index is 2.10. The molecule has 4 heteroatoms. The fourth-order valence-corrected chi connectivity index (χ4v) is 2.30. The number of nitrogens with zero attached hydrogens (tertiary/aromatic N) is 2. The quantitative estimate of drug-likeness (QED) is 0.713. The monoisotopic (exact) mass is 243 g/mol. The van der Waals surface area contributed by atoms with Crippen LogP contribution < -0.4 is 5.73 Å². The van der Waals surface area contributed by atoms with E-state index in [0.29, 0.717) is 4.99 Å². The van der Waals surface area contributed by atoms with E-state index in [0.717, 1.165) is 25.6 Å². The van der Waals surface area contributed by atoms with E-state index in [9.17, 15) is 0 Å². The SMILES string of the molecule is CC(C)CCCN1CCN(CC(N)=S)CC1. The van der Waals surface area contributed by atoms with Gasteiger partial charge in [-0.2, -0.15) is 0 Å². The van der Waals surface area contributed by atoms with Crippen LogP contribution in [0.3, 0.4) is 0 Å². The van der Waals surface area contributed by atoms with E-state index in [2.05, 4.69) is 23.6 Å². The highest BCUT2D eigenvalue weighted by molar-refractivity contribution is 7.80. The summed E-state index contributed by atoms with van der Waals surface area (Å²) in [6.45, 7) is 11.2. The van der Waals surface area contributed by atoms with Crippen molar-refractivity contribution >= 4 is 17.2 Å². The summed E-state index contributed by atoms with van der Waals surface area (Å²) >= 11 is 4.93. The average Bonchev–Trinajstić information content (AvgIpc) is 2.19. The summed E-state index contributed by atoms with van der Waals surface area (Å²) in [6, 6.07) is 0. The van der Waals surface area contributed by atoms with Crippen molar-refractivity contribution in [3.8, 4) is 0 Å². The maximum atomic E-state index is 5.55. The Labute approximate surface area is 105 Å². The number of thiocarbonyl (C=S) groups is 1. The van der Waals surface area contributed by atoms with Crippen molar-refractivity contribution in [1.29, 1.82) is 0 Å². The van der Waals surface area contributed by atoms with Crippen molar-refractivity contribution in [1.82, 2.24) is 9.80 Å². The molecular weight excluding hydrogens is 218 g/mol. The fourth-order valence-electron chi connectivity index (χ4n) is 2.11. The van der Waals surface area contributed by atoms with Gasteiger partial charge in [0.1, 0.15) is 0 Å². The van der Waals surface area contributed by atoms with Crippen molar-refractivity contribution in [3.63, 3.8) is 0 Å². The summed E-state index contributed by atoms with van der Waals surface area (Å²) in [5.74, 6) is 0.830. The smallest absolute Gasteiger partial charge is 0.0870 e. The third-order valence-electron chi connectivity index (χ3n) is 3.10. The van der Waals surface area contributed by atoms with Gasteiger partial charge in [0.15, 0.2) is 0 Å². The minimum Gasteiger partial charge on any atom is -0.392 e. The molecule has 1 heterocycles. The number of nitrogens with two attached hydrogens (primary N) is 1. The zero-order valence-electron chi connectivity index (χ0n) is 10.6. The van der Waals surface area contributed by atoms with Crippen molar-refractivity contribution in [2.75, 3.05) is 39.3 Å². The van der Waals surface area contributed by atoms with Gasteiger partial charge in [0.25, 0.3) is 0 Å². The van der Waals surface area contributed by atoms with Gasteiger partial charge in [-0.1, -0.05) is 26.1 Å². The second kappa shape index (κ2) is 7.20. The van der Waals surface area contributed by atoms with Crippen LogP contribution >= 0.6 is 12.2 Å². The fraction of sp³-hybridized carbons (Fsp3) is 0.917. The molecule has 16 heavy (non-hydrogen) atoms. The van der Waals surface area contributed by atoms with E-state index in [4.69, 9.17) is 18.0 Å². The first kappa shape index (κ1) is 13.9. The summed E-state index contributed by atoms with van der Waals surface area (Å²) in [7, 11) is 0. The Morgan fingerprint density at radius 1 is 1.19 bits per heavy atom. The van der Waals surface area contributed by atoms with Gasteiger partial charge in [0.05, 0.1) is 4.99 Å². The van der Waals surface area contributed by atoms with Gasteiger partial charge in [-0.05, 0) is 25.3 Å². The minimum absolute atomic E-state index is 0.619. The molecule has 0 aromatic heterocycles. The van der Waals surface area contributed by atoms with Crippen LogP contribution in [0.2, 0.25) is 0 Å². The first-order valence-electron chi connectivity index (χ1n) is 6.31. The third kappa shape index (κ3) is 5.77. The van der Waals surface area contributed by atoms with E-state index in [1.54, 1.807) is 0 Å². The first-order valence-corrected chi connectivity index (χ1v) is 6.71. The average molecular weight is 243 g/mol. The Bertz CT molecular complexity index is 210. The second-order valence-corrected chi connectivity index (χ2v) is 5.64. The maximum Gasteiger partial charge on any atom is 0.0870 e. The van der Waals surface area contributed by atoms with E-state index in [1.807, 2.05) is 0 Å². The molecule has 0 unspecified atom stereocenters. The van der Waals surface area contributed by atoms with Gasteiger partial charge in [0, 0.05) is 32.7 Å². The summed E-state index contributed by atoms with van der Waals surface area (Å²) in [4.78, 5) is 5.52. The zero-order valence-corrected chi connectivity index (χ0v) is 11.4. The molecule has 0 aromatic rings. The molecule has 3 nitrogen and oxygen atoms in total. The number of rotatable bonds is 6. The second-order valence-electron chi connectivity index (χ2n) is 5.12. The Kier molecular flexibility index (Phi) is 6.24. The molecule has 94 valence electrons. The van der Waals surface area contributed by atoms with Crippen LogP contribution in [0, 0.1) is 5.92 Å². The highest BCUT2D eigenvalue weighted by Crippen LogP contribution is 2.07. The van der Waals surface area contributed by atoms with Crippen LogP contribution in [0.4, 0.5) is 0 Å². The van der Waals surface area contributed by atoms with Gasteiger partial charge in [-0.3, -0.25) is 4.90 Å². The lowest BCUT2D eigenvalue weighted by atomic mass is 10.1. The van der Waals surface area contributed by atoms with Crippen LogP contribution in [0.1, 0.15) is 26.7 Å². The highest BCUT2D eigenvalue weighted by Gasteiger charge is 2.16. The normalized spacial score (nSPS) is 19.2. The summed E-state index contributed by atoms with van der Waals surface area (Å²) in [5, 5.41) is 0. The lowest BCUT2D eigenvalue weighted by molar-refractivity contribution is 0.143. The lowest BCUT2D eigenvalue weighted by Crippen LogP contribution is -2.48. The molecule has 0 radical (unpaired) electrons. The van der Waals surface area contributed by atoms with Crippen LogP contribution in [0.5, 0.6) is 0 Å². The molecule has 1 aliphatic heterocycles. The van der Waals surface area contributed by atoms with Crippen molar-refractivity contribution < 1.29 is 0 Å².